The first kappa shape index (κ1) is 94.7. The number of hydrogen-bond acceptors (Lipinski definition) is 10. The topological polar surface area (TPSA) is 156 Å². The summed E-state index contributed by atoms with van der Waals surface area (Å²) in [5.74, 6) is 0. The van der Waals surface area contributed by atoms with E-state index < -0.39 is 0 Å². The zero-order valence-corrected chi connectivity index (χ0v) is 65.4. The molecular formula is C83H175N5O5. The summed E-state index contributed by atoms with van der Waals surface area (Å²) >= 11 is 0. The second-order valence-corrected chi connectivity index (χ2v) is 30.5. The van der Waals surface area contributed by atoms with Gasteiger partial charge in [-0.3, -0.25) is 16.0 Å². The van der Waals surface area contributed by atoms with Gasteiger partial charge < -0.3 is 35.9 Å². The van der Waals surface area contributed by atoms with E-state index in [4.69, 9.17) is 25.7 Å². The molecule has 10 heteroatoms. The number of rotatable bonds is 62. The van der Waals surface area contributed by atoms with Crippen LogP contribution in [0.1, 0.15) is 454 Å². The molecule has 3 saturated heterocycles. The molecule has 9 N–H and O–H groups in total. The van der Waals surface area contributed by atoms with Crippen molar-refractivity contribution in [2.24, 2.45) is 11.5 Å². The monoisotopic (exact) mass is 1320 g/mol. The van der Waals surface area contributed by atoms with Crippen molar-refractivity contribution in [1.82, 2.24) is 16.0 Å². The molecule has 0 aliphatic carbocycles. The summed E-state index contributed by atoms with van der Waals surface area (Å²) in [5.41, 5.74) is 12.8. The van der Waals surface area contributed by atoms with Crippen LogP contribution in [-0.4, -0.2) is 91.1 Å². The molecule has 93 heavy (non-hydrogen) atoms. The molecule has 0 spiro atoms. The van der Waals surface area contributed by atoms with Crippen LogP contribution in [0.3, 0.4) is 0 Å². The lowest BCUT2D eigenvalue weighted by molar-refractivity contribution is 0.169. The minimum Gasteiger partial charge on any atom is -0.394 e. The fourth-order valence-electron chi connectivity index (χ4n) is 14.1. The van der Waals surface area contributed by atoms with Crippen molar-refractivity contribution in [3.8, 4) is 0 Å². The van der Waals surface area contributed by atoms with E-state index in [0.717, 1.165) is 85.0 Å². The Balaban J connectivity index is 0. The number of nitrogens with two attached hydrogens (primary N) is 2. The van der Waals surface area contributed by atoms with Crippen LogP contribution in [-0.2, 0) is 14.2 Å². The van der Waals surface area contributed by atoms with Crippen molar-refractivity contribution in [2.45, 2.75) is 482 Å². The maximum Gasteiger partial charge on any atom is 0.0971 e. The average molecular weight is 1320 g/mol. The van der Waals surface area contributed by atoms with Crippen molar-refractivity contribution >= 4 is 0 Å². The number of ether oxygens (including phenoxy) is 3. The van der Waals surface area contributed by atoms with E-state index in [2.05, 4.69) is 85.2 Å². The fraction of sp³-hybridized carbons (Fsp3) is 1.00. The third-order valence-electron chi connectivity index (χ3n) is 21.1. The van der Waals surface area contributed by atoms with Gasteiger partial charge in [-0.2, -0.15) is 0 Å². The Morgan fingerprint density at radius 1 is 0.247 bits per heavy atom. The van der Waals surface area contributed by atoms with Gasteiger partial charge in [0.15, 0.2) is 0 Å². The molecule has 10 nitrogen and oxygen atoms in total. The SMILES string of the molecule is CCCCCCCCC1(CCCCCC)COCN1.CCCCCCCCCC(N)(CO)CCCCC.CCCCCCCCCC1(CCCCC)COCN1.CCCCCCCCCCC(N)(CO)CCCC.CCCCCCCCCCC1(CCCC)COCN1. The highest BCUT2D eigenvalue weighted by Gasteiger charge is 2.35. The second-order valence-electron chi connectivity index (χ2n) is 30.5. The van der Waals surface area contributed by atoms with Gasteiger partial charge >= 0.3 is 0 Å². The van der Waals surface area contributed by atoms with Crippen LogP contribution >= 0.6 is 0 Å². The summed E-state index contributed by atoms with van der Waals surface area (Å²) in [6, 6.07) is 0. The lowest BCUT2D eigenvalue weighted by Gasteiger charge is -2.28. The molecule has 0 aromatic carbocycles. The lowest BCUT2D eigenvalue weighted by Crippen LogP contribution is -2.43. The number of nitrogens with one attached hydrogen (secondary N) is 3. The zero-order valence-electron chi connectivity index (χ0n) is 65.4. The summed E-state index contributed by atoms with van der Waals surface area (Å²) < 4.78 is 16.8. The predicted octanol–water partition coefficient (Wildman–Crippen LogP) is 23.9. The van der Waals surface area contributed by atoms with Crippen LogP contribution in [0, 0.1) is 0 Å². The largest absolute Gasteiger partial charge is 0.394 e. The molecule has 3 aliphatic rings. The van der Waals surface area contributed by atoms with Crippen LogP contribution in [0.25, 0.3) is 0 Å². The van der Waals surface area contributed by atoms with Crippen LogP contribution in [0.4, 0.5) is 0 Å². The molecule has 3 aliphatic heterocycles. The van der Waals surface area contributed by atoms with Gasteiger partial charge in [0.25, 0.3) is 0 Å². The second kappa shape index (κ2) is 70.1. The van der Waals surface area contributed by atoms with Gasteiger partial charge in [0.05, 0.1) is 53.2 Å². The molecule has 5 atom stereocenters. The Morgan fingerprint density at radius 3 is 0.656 bits per heavy atom. The zero-order chi connectivity index (χ0) is 68.8. The maximum absolute atomic E-state index is 9.43. The van der Waals surface area contributed by atoms with Gasteiger partial charge in [-0.05, 0) is 64.2 Å². The van der Waals surface area contributed by atoms with Crippen molar-refractivity contribution in [3.63, 3.8) is 0 Å². The van der Waals surface area contributed by atoms with Gasteiger partial charge in [0, 0.05) is 27.7 Å². The predicted molar refractivity (Wildman–Crippen MR) is 412 cm³/mol. The first-order valence-electron chi connectivity index (χ1n) is 42.1. The van der Waals surface area contributed by atoms with Gasteiger partial charge in [-0.25, -0.2) is 0 Å². The molecule has 0 bridgehead atoms. The van der Waals surface area contributed by atoms with E-state index in [-0.39, 0.29) is 24.3 Å². The molecule has 0 aromatic rings. The summed E-state index contributed by atoms with van der Waals surface area (Å²) in [7, 11) is 0. The van der Waals surface area contributed by atoms with Gasteiger partial charge in [-0.15, -0.1) is 0 Å². The van der Waals surface area contributed by atoms with Crippen molar-refractivity contribution in [3.05, 3.63) is 0 Å². The average Bonchev–Trinajstić information content (AvgIpc) is 2.13. The van der Waals surface area contributed by atoms with E-state index in [1.54, 1.807) is 0 Å². The van der Waals surface area contributed by atoms with Crippen molar-refractivity contribution in [2.75, 3.05) is 53.2 Å². The quantitative estimate of drug-likeness (QED) is 0.0293. The minimum atomic E-state index is -0.307. The van der Waals surface area contributed by atoms with E-state index >= 15 is 0 Å². The lowest BCUT2D eigenvalue weighted by atomic mass is 9.87. The normalized spacial score (nSPS) is 19.8. The van der Waals surface area contributed by atoms with E-state index in [1.165, 1.54) is 340 Å². The van der Waals surface area contributed by atoms with Crippen LogP contribution < -0.4 is 27.4 Å². The molecule has 3 heterocycles. The standard InChI is InChI=1S/3C17H35NO.2C16H35NO/c1-3-5-7-8-9-10-11-12-14-17(13-6-4-2)15-19-16-18-17;1-3-5-7-8-9-10-12-14-17(13-11-6-4-2)15-19-16-18-17;1-3-5-7-9-10-12-14-17(15-19-16-18-17)13-11-8-6-4-2;1-3-5-7-8-9-10-11-12-14-16(17,15-18)13-6-4-2;1-3-5-7-8-9-10-12-14-16(17,15-18)13-11-6-4-2/h3*18H,3-16H2,1-2H3;2*18H,3-15,17H2,1-2H3. The Labute approximate surface area is 584 Å². The number of aliphatic hydroxyl groups is 2. The van der Waals surface area contributed by atoms with Crippen molar-refractivity contribution in [1.29, 1.82) is 0 Å². The van der Waals surface area contributed by atoms with Gasteiger partial charge in [0.2, 0.25) is 0 Å². The van der Waals surface area contributed by atoms with Gasteiger partial charge in [-0.1, -0.05) is 390 Å². The molecule has 3 fully saturated rings. The summed E-state index contributed by atoms with van der Waals surface area (Å²) in [5, 5.41) is 29.7. The Morgan fingerprint density at radius 2 is 0.419 bits per heavy atom. The van der Waals surface area contributed by atoms with E-state index in [0.29, 0.717) is 16.6 Å². The smallest absolute Gasteiger partial charge is 0.0971 e. The number of hydrogen-bond donors (Lipinski definition) is 7. The van der Waals surface area contributed by atoms with Crippen molar-refractivity contribution < 1.29 is 24.4 Å². The Hall–Kier alpha value is -0.400. The van der Waals surface area contributed by atoms with E-state index in [1.807, 2.05) is 0 Å². The Bertz CT molecular complexity index is 1430. The molecule has 562 valence electrons. The van der Waals surface area contributed by atoms with Crippen LogP contribution in [0.5, 0.6) is 0 Å². The highest BCUT2D eigenvalue weighted by atomic mass is 16.5. The first-order chi connectivity index (χ1) is 45.3. The number of unbranched alkanes of at least 4 members (excludes halogenated alkanes) is 40. The van der Waals surface area contributed by atoms with Gasteiger partial charge in [0.1, 0.15) is 0 Å². The molecule has 0 amide bonds. The summed E-state index contributed by atoms with van der Waals surface area (Å²) in [6.45, 7) is 28.0. The third-order valence-corrected chi connectivity index (χ3v) is 21.1. The highest BCUT2D eigenvalue weighted by molar-refractivity contribution is 4.92. The number of aliphatic hydroxyl groups excluding tert-OH is 2. The fourth-order valence-corrected chi connectivity index (χ4v) is 14.1. The highest BCUT2D eigenvalue weighted by Crippen LogP contribution is 2.30. The Kier molecular flexibility index (Phi) is 71.3. The molecule has 5 unspecified atom stereocenters. The first-order valence-corrected chi connectivity index (χ1v) is 42.1. The third kappa shape index (κ3) is 58.0. The molecule has 0 radical (unpaired) electrons. The summed E-state index contributed by atoms with van der Waals surface area (Å²) in [4.78, 5) is 0. The molecule has 0 aromatic heterocycles. The minimum absolute atomic E-state index is 0.142. The van der Waals surface area contributed by atoms with Crippen LogP contribution in [0.15, 0.2) is 0 Å². The molecular weight excluding hydrogens is 1150 g/mol. The maximum atomic E-state index is 9.43. The summed E-state index contributed by atoms with van der Waals surface area (Å²) in [6.07, 6.45) is 79.1. The molecule has 0 saturated carbocycles. The van der Waals surface area contributed by atoms with E-state index in [9.17, 15) is 10.2 Å². The van der Waals surface area contributed by atoms with Crippen LogP contribution in [0.2, 0.25) is 0 Å². The molecule has 3 rings (SSSR count).